The predicted molar refractivity (Wildman–Crippen MR) is 64.2 cm³/mol. The number of ether oxygens (including phenoxy) is 1. The Hall–Kier alpha value is -0.390. The highest BCUT2D eigenvalue weighted by molar-refractivity contribution is 9.11. The second kappa shape index (κ2) is 3.88. The fourth-order valence-corrected chi connectivity index (χ4v) is 3.44. The smallest absolute Gasteiger partial charge is 0.150 e. The van der Waals surface area contributed by atoms with Gasteiger partial charge in [-0.25, -0.2) is 4.68 Å². The maximum absolute atomic E-state index is 5.73. The lowest BCUT2D eigenvalue weighted by Gasteiger charge is -2.23. The first-order valence-corrected chi connectivity index (χ1v) is 6.70. The standard InChI is InChI=1S/C10H11BrN2OS/c11-9-5-7-8(15-9)6-12-13(7)10-3-1-2-4-14-10/h5-6,10H,1-4H2. The zero-order valence-electron chi connectivity index (χ0n) is 8.15. The van der Waals surface area contributed by atoms with E-state index in [4.69, 9.17) is 4.74 Å². The number of fused-ring (bicyclic) bond motifs is 1. The second-order valence-electron chi connectivity index (χ2n) is 3.71. The molecule has 0 amide bonds. The molecule has 1 aliphatic heterocycles. The van der Waals surface area contributed by atoms with E-state index in [1.165, 1.54) is 23.1 Å². The topological polar surface area (TPSA) is 27.1 Å². The number of halogens is 1. The van der Waals surface area contributed by atoms with E-state index in [0.717, 1.165) is 16.8 Å². The van der Waals surface area contributed by atoms with Crippen LogP contribution < -0.4 is 0 Å². The van der Waals surface area contributed by atoms with Crippen molar-refractivity contribution in [3.63, 3.8) is 0 Å². The van der Waals surface area contributed by atoms with Gasteiger partial charge in [0.25, 0.3) is 0 Å². The molecule has 2 aromatic rings. The highest BCUT2D eigenvalue weighted by Crippen LogP contribution is 2.33. The van der Waals surface area contributed by atoms with Crippen LogP contribution in [0.3, 0.4) is 0 Å². The first kappa shape index (κ1) is 9.81. The predicted octanol–water partition coefficient (Wildman–Crippen LogP) is 3.56. The maximum atomic E-state index is 5.73. The fourth-order valence-electron chi connectivity index (χ4n) is 1.96. The Balaban J connectivity index is 2.01. The van der Waals surface area contributed by atoms with Crippen molar-refractivity contribution in [3.05, 3.63) is 16.0 Å². The third-order valence-corrected chi connectivity index (χ3v) is 4.25. The normalized spacial score (nSPS) is 22.3. The minimum atomic E-state index is 0.137. The van der Waals surface area contributed by atoms with Crippen molar-refractivity contribution in [2.45, 2.75) is 25.5 Å². The van der Waals surface area contributed by atoms with Gasteiger partial charge < -0.3 is 4.74 Å². The van der Waals surface area contributed by atoms with E-state index < -0.39 is 0 Å². The zero-order chi connectivity index (χ0) is 10.3. The van der Waals surface area contributed by atoms with Crippen LogP contribution in [-0.2, 0) is 4.74 Å². The summed E-state index contributed by atoms with van der Waals surface area (Å²) in [5, 5.41) is 4.40. The zero-order valence-corrected chi connectivity index (χ0v) is 10.6. The molecular formula is C10H11BrN2OS. The first-order chi connectivity index (χ1) is 7.34. The summed E-state index contributed by atoms with van der Waals surface area (Å²) in [6.07, 6.45) is 5.54. The Labute approximate surface area is 100 Å². The summed E-state index contributed by atoms with van der Waals surface area (Å²) in [5.41, 5.74) is 1.18. The highest BCUT2D eigenvalue weighted by Gasteiger charge is 2.19. The van der Waals surface area contributed by atoms with Crippen LogP contribution in [0.2, 0.25) is 0 Å². The van der Waals surface area contributed by atoms with Gasteiger partial charge in [0.2, 0.25) is 0 Å². The maximum Gasteiger partial charge on any atom is 0.150 e. The number of aromatic nitrogens is 2. The molecule has 3 nitrogen and oxygen atoms in total. The molecule has 0 N–H and O–H groups in total. The molecule has 1 fully saturated rings. The van der Waals surface area contributed by atoms with Crippen LogP contribution in [-0.4, -0.2) is 16.4 Å². The molecule has 15 heavy (non-hydrogen) atoms. The molecule has 3 heterocycles. The van der Waals surface area contributed by atoms with E-state index >= 15 is 0 Å². The van der Waals surface area contributed by atoms with Gasteiger partial charge in [-0.15, -0.1) is 11.3 Å². The van der Waals surface area contributed by atoms with E-state index in [1.54, 1.807) is 11.3 Å². The average Bonchev–Trinajstić information content (AvgIpc) is 2.77. The molecule has 1 atom stereocenters. The van der Waals surface area contributed by atoms with E-state index in [0.29, 0.717) is 0 Å². The van der Waals surface area contributed by atoms with Crippen molar-refractivity contribution in [1.82, 2.24) is 9.78 Å². The Morgan fingerprint density at radius 2 is 2.47 bits per heavy atom. The summed E-state index contributed by atoms with van der Waals surface area (Å²) in [7, 11) is 0. The van der Waals surface area contributed by atoms with Crippen LogP contribution >= 0.6 is 27.3 Å². The second-order valence-corrected chi connectivity index (χ2v) is 6.17. The van der Waals surface area contributed by atoms with Gasteiger partial charge in [-0.1, -0.05) is 0 Å². The van der Waals surface area contributed by atoms with Crippen molar-refractivity contribution in [1.29, 1.82) is 0 Å². The summed E-state index contributed by atoms with van der Waals surface area (Å²) in [4.78, 5) is 0. The van der Waals surface area contributed by atoms with Gasteiger partial charge in [0.1, 0.15) is 0 Å². The van der Waals surface area contributed by atoms with Crippen molar-refractivity contribution in [2.75, 3.05) is 6.61 Å². The van der Waals surface area contributed by atoms with E-state index in [1.807, 2.05) is 10.9 Å². The number of nitrogens with zero attached hydrogens (tertiary/aromatic N) is 2. The molecular weight excluding hydrogens is 276 g/mol. The van der Waals surface area contributed by atoms with Crippen molar-refractivity contribution < 1.29 is 4.74 Å². The van der Waals surface area contributed by atoms with Gasteiger partial charge in [-0.05, 0) is 41.3 Å². The average molecular weight is 287 g/mol. The number of rotatable bonds is 1. The fraction of sp³-hybridized carbons (Fsp3) is 0.500. The van der Waals surface area contributed by atoms with Crippen LogP contribution in [0.25, 0.3) is 10.2 Å². The van der Waals surface area contributed by atoms with Gasteiger partial charge in [0, 0.05) is 6.61 Å². The Morgan fingerprint density at radius 1 is 1.53 bits per heavy atom. The van der Waals surface area contributed by atoms with Crippen LogP contribution in [0.1, 0.15) is 25.5 Å². The molecule has 0 radical (unpaired) electrons. The van der Waals surface area contributed by atoms with E-state index in [-0.39, 0.29) is 6.23 Å². The highest BCUT2D eigenvalue weighted by atomic mass is 79.9. The minimum Gasteiger partial charge on any atom is -0.356 e. The molecule has 0 aliphatic carbocycles. The summed E-state index contributed by atoms with van der Waals surface area (Å²) in [6.45, 7) is 0.858. The molecule has 1 unspecified atom stereocenters. The van der Waals surface area contributed by atoms with E-state index in [2.05, 4.69) is 27.1 Å². The molecule has 3 rings (SSSR count). The lowest BCUT2D eigenvalue weighted by atomic mass is 10.2. The molecule has 1 saturated heterocycles. The van der Waals surface area contributed by atoms with Gasteiger partial charge in [0.05, 0.1) is 20.2 Å². The summed E-state index contributed by atoms with van der Waals surface area (Å²) >= 11 is 5.21. The van der Waals surface area contributed by atoms with Crippen LogP contribution in [0.5, 0.6) is 0 Å². The molecule has 0 spiro atoms. The monoisotopic (exact) mass is 286 g/mol. The molecule has 5 heteroatoms. The Morgan fingerprint density at radius 3 is 3.27 bits per heavy atom. The van der Waals surface area contributed by atoms with Crippen LogP contribution in [0.4, 0.5) is 0 Å². The third kappa shape index (κ3) is 1.73. The quantitative estimate of drug-likeness (QED) is 0.802. The molecule has 0 bridgehead atoms. The van der Waals surface area contributed by atoms with Crippen LogP contribution in [0.15, 0.2) is 16.0 Å². The van der Waals surface area contributed by atoms with Crippen molar-refractivity contribution >= 4 is 37.5 Å². The Bertz CT molecular complexity index is 473. The minimum absolute atomic E-state index is 0.137. The van der Waals surface area contributed by atoms with Gasteiger partial charge in [-0.2, -0.15) is 5.10 Å². The van der Waals surface area contributed by atoms with Gasteiger partial charge in [0.15, 0.2) is 6.23 Å². The van der Waals surface area contributed by atoms with Crippen molar-refractivity contribution in [2.24, 2.45) is 0 Å². The number of hydrogen-bond donors (Lipinski definition) is 0. The lowest BCUT2D eigenvalue weighted by Crippen LogP contribution is -2.18. The van der Waals surface area contributed by atoms with E-state index in [9.17, 15) is 0 Å². The summed E-state index contributed by atoms with van der Waals surface area (Å²) < 4.78 is 10.1. The van der Waals surface area contributed by atoms with Gasteiger partial charge in [-0.3, -0.25) is 0 Å². The molecule has 2 aromatic heterocycles. The lowest BCUT2D eigenvalue weighted by molar-refractivity contribution is -0.0366. The Kier molecular flexibility index (Phi) is 2.54. The molecule has 1 aliphatic rings. The number of thiophene rings is 1. The van der Waals surface area contributed by atoms with Crippen molar-refractivity contribution in [3.8, 4) is 0 Å². The van der Waals surface area contributed by atoms with Crippen LogP contribution in [0, 0.1) is 0 Å². The number of hydrogen-bond acceptors (Lipinski definition) is 3. The summed E-state index contributed by atoms with van der Waals surface area (Å²) in [6, 6.07) is 2.12. The van der Waals surface area contributed by atoms with Gasteiger partial charge >= 0.3 is 0 Å². The largest absolute Gasteiger partial charge is 0.356 e. The molecule has 80 valence electrons. The molecule has 0 saturated carbocycles. The third-order valence-electron chi connectivity index (χ3n) is 2.68. The first-order valence-electron chi connectivity index (χ1n) is 5.09. The summed E-state index contributed by atoms with van der Waals surface area (Å²) in [5.74, 6) is 0. The SMILES string of the molecule is Brc1cc2c(cnn2C2CCCCO2)s1. The molecule has 0 aromatic carbocycles.